The zero-order valence-corrected chi connectivity index (χ0v) is 12.2. The fraction of sp³-hybridized carbons (Fsp3) is 0.375. The molecule has 0 saturated carbocycles. The third-order valence-electron chi connectivity index (χ3n) is 3.18. The Kier molecular flexibility index (Phi) is 5.07. The van der Waals surface area contributed by atoms with Gasteiger partial charge in [0.05, 0.1) is 17.6 Å². The van der Waals surface area contributed by atoms with Crippen LogP contribution in [0.4, 0.5) is 5.69 Å². The molecule has 0 unspecified atom stereocenters. The summed E-state index contributed by atoms with van der Waals surface area (Å²) in [5, 5.41) is 3.35. The molecule has 0 saturated heterocycles. The Labute approximate surface area is 120 Å². The molecule has 2 rings (SSSR count). The van der Waals surface area contributed by atoms with Gasteiger partial charge in [0.1, 0.15) is 0 Å². The number of anilines is 1. The minimum Gasteiger partial charge on any atom is -0.382 e. The molecular weight excluding hydrogens is 248 g/mol. The van der Waals surface area contributed by atoms with Crippen LogP contribution in [0.2, 0.25) is 0 Å². The fourth-order valence-electron chi connectivity index (χ4n) is 2.08. The van der Waals surface area contributed by atoms with Gasteiger partial charge in [-0.15, -0.1) is 0 Å². The second-order valence-electron chi connectivity index (χ2n) is 4.85. The summed E-state index contributed by atoms with van der Waals surface area (Å²) in [4.78, 5) is 9.15. The van der Waals surface area contributed by atoms with Gasteiger partial charge in [0.25, 0.3) is 0 Å². The Bertz CT molecular complexity index is 566. The maximum atomic E-state index is 5.51. The van der Waals surface area contributed by atoms with Gasteiger partial charge >= 0.3 is 0 Å². The van der Waals surface area contributed by atoms with Crippen LogP contribution >= 0.6 is 0 Å². The predicted octanol–water partition coefficient (Wildman–Crippen LogP) is 2.78. The molecule has 0 aliphatic carbocycles. The molecule has 1 aromatic carbocycles. The Morgan fingerprint density at radius 3 is 2.85 bits per heavy atom. The summed E-state index contributed by atoms with van der Waals surface area (Å²) in [5.74, 6) is 0.787. The third kappa shape index (κ3) is 3.54. The molecule has 0 aliphatic heterocycles. The maximum absolute atomic E-state index is 5.51. The van der Waals surface area contributed by atoms with Crippen molar-refractivity contribution in [2.24, 2.45) is 5.73 Å². The lowest BCUT2D eigenvalue weighted by molar-refractivity contribution is 0.867. The standard InChI is InChI=1S/C16H22N4/c1-3-14-15(18-9-5-8-17)11-19-16(20-14)13-7-4-6-12(2)10-13/h4,6-7,10-11,18H,3,5,8-9,17H2,1-2H3. The summed E-state index contributed by atoms with van der Waals surface area (Å²) >= 11 is 0. The molecule has 1 heterocycles. The summed E-state index contributed by atoms with van der Waals surface area (Å²) < 4.78 is 0. The summed E-state index contributed by atoms with van der Waals surface area (Å²) in [7, 11) is 0. The molecular formula is C16H22N4. The SMILES string of the molecule is CCc1nc(-c2cccc(C)c2)ncc1NCCCN. The van der Waals surface area contributed by atoms with Gasteiger partial charge in [-0.25, -0.2) is 9.97 Å². The summed E-state index contributed by atoms with van der Waals surface area (Å²) in [6, 6.07) is 8.26. The van der Waals surface area contributed by atoms with E-state index in [1.807, 2.05) is 18.3 Å². The molecule has 3 N–H and O–H groups in total. The molecule has 106 valence electrons. The first-order valence-electron chi connectivity index (χ1n) is 7.11. The number of hydrogen-bond donors (Lipinski definition) is 2. The van der Waals surface area contributed by atoms with Crippen molar-refractivity contribution < 1.29 is 0 Å². The van der Waals surface area contributed by atoms with Crippen molar-refractivity contribution in [3.63, 3.8) is 0 Å². The van der Waals surface area contributed by atoms with Gasteiger partial charge in [-0.05, 0) is 32.4 Å². The van der Waals surface area contributed by atoms with E-state index in [0.717, 1.165) is 42.2 Å². The largest absolute Gasteiger partial charge is 0.382 e. The third-order valence-corrected chi connectivity index (χ3v) is 3.18. The molecule has 0 atom stereocenters. The Morgan fingerprint density at radius 1 is 1.30 bits per heavy atom. The molecule has 2 aromatic rings. The normalized spacial score (nSPS) is 10.6. The Hall–Kier alpha value is -1.94. The van der Waals surface area contributed by atoms with Crippen LogP contribution in [0, 0.1) is 6.92 Å². The fourth-order valence-corrected chi connectivity index (χ4v) is 2.08. The highest BCUT2D eigenvalue weighted by Crippen LogP contribution is 2.20. The average molecular weight is 270 g/mol. The van der Waals surface area contributed by atoms with Crippen molar-refractivity contribution in [3.8, 4) is 11.4 Å². The number of nitrogens with two attached hydrogens (primary N) is 1. The van der Waals surface area contributed by atoms with Crippen molar-refractivity contribution in [2.75, 3.05) is 18.4 Å². The Morgan fingerprint density at radius 2 is 2.15 bits per heavy atom. The van der Waals surface area contributed by atoms with Gasteiger partial charge in [-0.3, -0.25) is 0 Å². The highest BCUT2D eigenvalue weighted by atomic mass is 15.0. The lowest BCUT2D eigenvalue weighted by Crippen LogP contribution is -2.11. The number of benzene rings is 1. The van der Waals surface area contributed by atoms with Gasteiger partial charge in [0.2, 0.25) is 0 Å². The monoisotopic (exact) mass is 270 g/mol. The van der Waals surface area contributed by atoms with E-state index in [9.17, 15) is 0 Å². The number of nitrogens with zero attached hydrogens (tertiary/aromatic N) is 2. The minimum absolute atomic E-state index is 0.691. The number of aryl methyl sites for hydroxylation is 2. The first-order chi connectivity index (χ1) is 9.74. The lowest BCUT2D eigenvalue weighted by Gasteiger charge is -2.11. The molecule has 20 heavy (non-hydrogen) atoms. The molecule has 4 heteroatoms. The van der Waals surface area contributed by atoms with E-state index in [1.165, 1.54) is 5.56 Å². The van der Waals surface area contributed by atoms with Crippen LogP contribution in [0.3, 0.4) is 0 Å². The number of aromatic nitrogens is 2. The van der Waals surface area contributed by atoms with E-state index in [2.05, 4.69) is 41.3 Å². The Balaban J connectivity index is 2.24. The van der Waals surface area contributed by atoms with Crippen LogP contribution in [0.1, 0.15) is 24.6 Å². The number of rotatable bonds is 6. The van der Waals surface area contributed by atoms with Crippen LogP contribution in [0.5, 0.6) is 0 Å². The van der Waals surface area contributed by atoms with Gasteiger partial charge in [0.15, 0.2) is 5.82 Å². The number of hydrogen-bond acceptors (Lipinski definition) is 4. The van der Waals surface area contributed by atoms with Crippen molar-refractivity contribution in [1.82, 2.24) is 9.97 Å². The molecule has 0 amide bonds. The van der Waals surface area contributed by atoms with Crippen LogP contribution in [0.15, 0.2) is 30.5 Å². The van der Waals surface area contributed by atoms with E-state index in [0.29, 0.717) is 6.54 Å². The topological polar surface area (TPSA) is 63.8 Å². The van der Waals surface area contributed by atoms with Crippen LogP contribution in [-0.4, -0.2) is 23.1 Å². The molecule has 1 aromatic heterocycles. The lowest BCUT2D eigenvalue weighted by atomic mass is 10.1. The summed E-state index contributed by atoms with van der Waals surface area (Å²) in [6.45, 7) is 5.73. The first kappa shape index (κ1) is 14.5. The molecule has 0 spiro atoms. The summed E-state index contributed by atoms with van der Waals surface area (Å²) in [5.41, 5.74) is 9.85. The predicted molar refractivity (Wildman–Crippen MR) is 83.7 cm³/mol. The second-order valence-corrected chi connectivity index (χ2v) is 4.85. The van der Waals surface area contributed by atoms with E-state index in [1.54, 1.807) is 0 Å². The molecule has 4 nitrogen and oxygen atoms in total. The van der Waals surface area contributed by atoms with Crippen molar-refractivity contribution >= 4 is 5.69 Å². The van der Waals surface area contributed by atoms with Gasteiger partial charge in [0, 0.05) is 12.1 Å². The minimum atomic E-state index is 0.691. The van der Waals surface area contributed by atoms with Crippen molar-refractivity contribution in [2.45, 2.75) is 26.7 Å². The smallest absolute Gasteiger partial charge is 0.159 e. The highest BCUT2D eigenvalue weighted by Gasteiger charge is 2.07. The highest BCUT2D eigenvalue weighted by molar-refractivity contribution is 5.59. The van der Waals surface area contributed by atoms with E-state index in [-0.39, 0.29) is 0 Å². The molecule has 0 bridgehead atoms. The zero-order valence-electron chi connectivity index (χ0n) is 12.2. The van der Waals surface area contributed by atoms with Crippen LogP contribution in [0.25, 0.3) is 11.4 Å². The second kappa shape index (κ2) is 7.01. The molecule has 0 radical (unpaired) electrons. The average Bonchev–Trinajstić information content (AvgIpc) is 2.47. The summed E-state index contributed by atoms with van der Waals surface area (Å²) in [6.07, 6.45) is 3.70. The molecule has 0 aliphatic rings. The van der Waals surface area contributed by atoms with Gasteiger partial charge in [-0.1, -0.05) is 30.7 Å². The number of nitrogens with one attached hydrogen (secondary N) is 1. The van der Waals surface area contributed by atoms with Crippen molar-refractivity contribution in [3.05, 3.63) is 41.7 Å². The van der Waals surface area contributed by atoms with E-state index < -0.39 is 0 Å². The van der Waals surface area contributed by atoms with Gasteiger partial charge < -0.3 is 11.1 Å². The molecule has 0 fully saturated rings. The quantitative estimate of drug-likeness (QED) is 0.792. The van der Waals surface area contributed by atoms with Gasteiger partial charge in [-0.2, -0.15) is 0 Å². The van der Waals surface area contributed by atoms with Crippen molar-refractivity contribution in [1.29, 1.82) is 0 Å². The maximum Gasteiger partial charge on any atom is 0.159 e. The zero-order chi connectivity index (χ0) is 14.4. The van der Waals surface area contributed by atoms with Crippen LogP contribution in [-0.2, 0) is 6.42 Å². The first-order valence-corrected chi connectivity index (χ1v) is 7.11. The van der Waals surface area contributed by atoms with E-state index >= 15 is 0 Å². The van der Waals surface area contributed by atoms with Crippen LogP contribution < -0.4 is 11.1 Å². The van der Waals surface area contributed by atoms with E-state index in [4.69, 9.17) is 5.73 Å².